The Kier molecular flexibility index (Phi) is 8.22. The number of aryl methyl sites for hydroxylation is 3. The molecule has 184 valence electrons. The summed E-state index contributed by atoms with van der Waals surface area (Å²) in [5, 5.41) is 12.5. The normalized spacial score (nSPS) is 12.9. The van der Waals surface area contributed by atoms with Crippen molar-refractivity contribution in [3.05, 3.63) is 87.6 Å². The topological polar surface area (TPSA) is 101 Å². The van der Waals surface area contributed by atoms with Crippen LogP contribution in [0.25, 0.3) is 11.1 Å². The van der Waals surface area contributed by atoms with Crippen LogP contribution in [0, 0.1) is 26.7 Å². The number of aliphatic carboxylic acids is 1. The number of nitrogens with zero attached hydrogens (tertiary/aromatic N) is 2. The first-order valence-electron chi connectivity index (χ1n) is 11.8. The van der Waals surface area contributed by atoms with E-state index in [0.717, 1.165) is 27.9 Å². The maximum absolute atomic E-state index is 13.5. The molecule has 0 spiro atoms. The highest BCUT2D eigenvalue weighted by Gasteiger charge is 2.27. The van der Waals surface area contributed by atoms with E-state index in [9.17, 15) is 19.5 Å². The Morgan fingerprint density at radius 2 is 1.77 bits per heavy atom. The fourth-order valence-corrected chi connectivity index (χ4v) is 4.22. The van der Waals surface area contributed by atoms with Crippen LogP contribution in [-0.2, 0) is 9.59 Å². The van der Waals surface area contributed by atoms with Crippen LogP contribution in [0.1, 0.15) is 61.2 Å². The molecule has 0 aliphatic carbocycles. The lowest BCUT2D eigenvalue weighted by Crippen LogP contribution is -2.40. The van der Waals surface area contributed by atoms with Gasteiger partial charge in [0.25, 0.3) is 5.56 Å². The molecule has 0 radical (unpaired) electrons. The van der Waals surface area contributed by atoms with Crippen LogP contribution < -0.4 is 10.9 Å². The number of carboxylic acids is 1. The number of hydrogen-bond acceptors (Lipinski definition) is 4. The molecule has 3 aromatic rings. The van der Waals surface area contributed by atoms with E-state index in [1.165, 1.54) is 10.6 Å². The molecule has 7 heteroatoms. The Balaban J connectivity index is 2.00. The molecule has 2 atom stereocenters. The summed E-state index contributed by atoms with van der Waals surface area (Å²) in [5.41, 5.74) is 4.93. The molecular weight excluding hydrogens is 442 g/mol. The van der Waals surface area contributed by atoms with Crippen molar-refractivity contribution in [2.45, 2.75) is 59.5 Å². The summed E-state index contributed by atoms with van der Waals surface area (Å²) in [6.45, 7) is 9.69. The van der Waals surface area contributed by atoms with Gasteiger partial charge in [0.1, 0.15) is 6.04 Å². The smallest absolute Gasteiger partial charge is 0.305 e. The van der Waals surface area contributed by atoms with Gasteiger partial charge in [0.15, 0.2) is 0 Å². The van der Waals surface area contributed by atoms with Crippen molar-refractivity contribution in [3.8, 4) is 11.1 Å². The summed E-state index contributed by atoms with van der Waals surface area (Å²) in [5.74, 6) is -1.29. The number of carbonyl (C=O) groups excluding carboxylic acids is 1. The average molecular weight is 476 g/mol. The monoisotopic (exact) mass is 475 g/mol. The van der Waals surface area contributed by atoms with E-state index in [1.54, 1.807) is 18.5 Å². The van der Waals surface area contributed by atoms with Gasteiger partial charge >= 0.3 is 5.97 Å². The predicted octanol–water partition coefficient (Wildman–Crippen LogP) is 4.75. The molecule has 0 saturated carbocycles. The number of carboxylic acid groups (broad SMARTS) is 1. The predicted molar refractivity (Wildman–Crippen MR) is 136 cm³/mol. The molecule has 0 bridgehead atoms. The second-order valence-electron chi connectivity index (χ2n) is 9.47. The molecule has 0 aliphatic rings. The van der Waals surface area contributed by atoms with Crippen molar-refractivity contribution >= 4 is 11.9 Å². The second kappa shape index (κ2) is 11.1. The van der Waals surface area contributed by atoms with Crippen molar-refractivity contribution in [2.75, 3.05) is 0 Å². The number of amides is 1. The lowest BCUT2D eigenvalue weighted by Gasteiger charge is -2.25. The van der Waals surface area contributed by atoms with Crippen molar-refractivity contribution in [1.82, 2.24) is 14.9 Å². The average Bonchev–Trinajstić information content (AvgIpc) is 2.78. The summed E-state index contributed by atoms with van der Waals surface area (Å²) < 4.78 is 1.42. The molecule has 2 aromatic heterocycles. The van der Waals surface area contributed by atoms with E-state index in [1.807, 2.05) is 65.0 Å². The number of carbonyl (C=O) groups is 2. The quantitative estimate of drug-likeness (QED) is 0.465. The second-order valence-corrected chi connectivity index (χ2v) is 9.47. The van der Waals surface area contributed by atoms with Gasteiger partial charge in [0.05, 0.1) is 12.5 Å². The summed E-state index contributed by atoms with van der Waals surface area (Å²) in [4.78, 5) is 42.4. The highest BCUT2D eigenvalue weighted by atomic mass is 16.4. The molecule has 1 unspecified atom stereocenters. The Bertz CT molecular complexity index is 1280. The minimum absolute atomic E-state index is 0.144. The Hall–Kier alpha value is -3.74. The van der Waals surface area contributed by atoms with Gasteiger partial charge in [-0.15, -0.1) is 0 Å². The molecule has 1 amide bonds. The number of aromatic nitrogens is 2. The van der Waals surface area contributed by atoms with Crippen LogP contribution in [-0.4, -0.2) is 26.5 Å². The van der Waals surface area contributed by atoms with E-state index in [2.05, 4.69) is 10.3 Å². The number of nitrogens with one attached hydrogen (secondary N) is 1. The van der Waals surface area contributed by atoms with Crippen LogP contribution in [0.3, 0.4) is 0 Å². The van der Waals surface area contributed by atoms with Gasteiger partial charge in [0.2, 0.25) is 5.91 Å². The van der Waals surface area contributed by atoms with Gasteiger partial charge in [-0.25, -0.2) is 0 Å². The van der Waals surface area contributed by atoms with E-state index in [0.29, 0.717) is 12.0 Å². The van der Waals surface area contributed by atoms with E-state index in [-0.39, 0.29) is 17.9 Å². The van der Waals surface area contributed by atoms with Crippen LogP contribution in [0.5, 0.6) is 0 Å². The van der Waals surface area contributed by atoms with Gasteiger partial charge in [-0.2, -0.15) is 0 Å². The van der Waals surface area contributed by atoms with Crippen LogP contribution in [0.15, 0.2) is 59.7 Å². The maximum Gasteiger partial charge on any atom is 0.305 e. The molecule has 35 heavy (non-hydrogen) atoms. The van der Waals surface area contributed by atoms with Gasteiger partial charge < -0.3 is 15.0 Å². The molecular formula is C28H33N3O4. The Morgan fingerprint density at radius 1 is 1.06 bits per heavy atom. The molecule has 7 nitrogen and oxygen atoms in total. The highest BCUT2D eigenvalue weighted by molar-refractivity contribution is 5.82. The summed E-state index contributed by atoms with van der Waals surface area (Å²) in [6.07, 6.45) is 3.37. The molecule has 0 aliphatic heterocycles. The first-order valence-corrected chi connectivity index (χ1v) is 11.8. The largest absolute Gasteiger partial charge is 0.481 e. The third-order valence-electron chi connectivity index (χ3n) is 6.08. The van der Waals surface area contributed by atoms with E-state index >= 15 is 0 Å². The molecule has 3 rings (SSSR count). The molecule has 2 N–H and O–H groups in total. The summed E-state index contributed by atoms with van der Waals surface area (Å²) in [7, 11) is 0. The summed E-state index contributed by atoms with van der Waals surface area (Å²) >= 11 is 0. The zero-order valence-electron chi connectivity index (χ0n) is 20.9. The van der Waals surface area contributed by atoms with Gasteiger partial charge in [0, 0.05) is 29.7 Å². The zero-order chi connectivity index (χ0) is 25.7. The standard InChI is InChI=1S/C28H33N3O4/c1-17(2)12-25(31-11-10-18(3)13-26(31)32)28(35)30-24(15-27(33)34)21-14-23(20(5)29-16-21)22-9-7-6-8-19(22)4/h6-11,13-14,16-17,24-25H,12,15H2,1-5H3,(H,30,35)(H,33,34)/t24-,25?/m1/s1. The van der Waals surface area contributed by atoms with Crippen molar-refractivity contribution < 1.29 is 14.7 Å². The molecule has 1 aromatic carbocycles. The summed E-state index contributed by atoms with van der Waals surface area (Å²) in [6, 6.07) is 11.5. The minimum Gasteiger partial charge on any atom is -0.481 e. The van der Waals surface area contributed by atoms with Crippen LogP contribution in [0.2, 0.25) is 0 Å². The number of pyridine rings is 2. The van der Waals surface area contributed by atoms with Crippen LogP contribution in [0.4, 0.5) is 0 Å². The lowest BCUT2D eigenvalue weighted by molar-refractivity contribution is -0.138. The minimum atomic E-state index is -1.04. The van der Waals surface area contributed by atoms with Gasteiger partial charge in [-0.1, -0.05) is 38.1 Å². The number of rotatable bonds is 9. The molecule has 2 heterocycles. The SMILES string of the molecule is Cc1ccn(C(CC(C)C)C(=O)N[C@H](CC(=O)O)c2cnc(C)c(-c3ccccc3C)c2)c(=O)c1. The van der Waals surface area contributed by atoms with Crippen LogP contribution >= 0.6 is 0 Å². The van der Waals surface area contributed by atoms with E-state index < -0.39 is 24.0 Å². The fourth-order valence-electron chi connectivity index (χ4n) is 4.22. The molecule has 0 fully saturated rings. The van der Waals surface area contributed by atoms with Gasteiger partial charge in [-0.05, 0) is 67.5 Å². The van der Waals surface area contributed by atoms with Crippen molar-refractivity contribution in [1.29, 1.82) is 0 Å². The van der Waals surface area contributed by atoms with Crippen molar-refractivity contribution in [3.63, 3.8) is 0 Å². The first-order chi connectivity index (χ1) is 16.6. The fraction of sp³-hybridized carbons (Fsp3) is 0.357. The maximum atomic E-state index is 13.5. The number of benzene rings is 1. The Morgan fingerprint density at radius 3 is 2.40 bits per heavy atom. The van der Waals surface area contributed by atoms with Crippen molar-refractivity contribution in [2.24, 2.45) is 5.92 Å². The highest BCUT2D eigenvalue weighted by Crippen LogP contribution is 2.29. The first kappa shape index (κ1) is 25.9. The third kappa shape index (κ3) is 6.44. The third-order valence-corrected chi connectivity index (χ3v) is 6.08. The Labute approximate surface area is 205 Å². The number of hydrogen-bond donors (Lipinski definition) is 2. The zero-order valence-corrected chi connectivity index (χ0v) is 20.9. The van der Waals surface area contributed by atoms with Gasteiger partial charge in [-0.3, -0.25) is 19.4 Å². The lowest BCUT2D eigenvalue weighted by atomic mass is 9.95. The van der Waals surface area contributed by atoms with E-state index in [4.69, 9.17) is 0 Å². The molecule has 0 saturated heterocycles.